The summed E-state index contributed by atoms with van der Waals surface area (Å²) in [6.45, 7) is 0. The average molecular weight is 252 g/mol. The van der Waals surface area contributed by atoms with E-state index >= 15 is 0 Å². The van der Waals surface area contributed by atoms with E-state index in [-0.39, 0.29) is 0 Å². The van der Waals surface area contributed by atoms with Crippen LogP contribution < -0.4 is 0 Å². The summed E-state index contributed by atoms with van der Waals surface area (Å²) in [6.07, 6.45) is 0. The van der Waals surface area contributed by atoms with E-state index < -0.39 is 0 Å². The normalized spacial score (nSPS) is 12.3. The Bertz CT molecular complexity index is 674. The molecule has 0 unspecified atom stereocenters. The third kappa shape index (κ3) is 0.827. The van der Waals surface area contributed by atoms with E-state index in [0.29, 0.717) is 0 Å². The van der Waals surface area contributed by atoms with Crippen molar-refractivity contribution in [2.45, 2.75) is 0 Å². The van der Waals surface area contributed by atoms with Crippen LogP contribution in [0.25, 0.3) is 29.6 Å². The quantitative estimate of drug-likeness (QED) is 0.393. The van der Waals surface area contributed by atoms with Gasteiger partial charge in [0.25, 0.3) is 0 Å². The molecule has 0 saturated heterocycles. The van der Waals surface area contributed by atoms with Crippen molar-refractivity contribution in [2.75, 3.05) is 0 Å². The molecule has 0 aliphatic carbocycles. The van der Waals surface area contributed by atoms with Gasteiger partial charge < -0.3 is 0 Å². The van der Waals surface area contributed by atoms with Crippen molar-refractivity contribution in [3.8, 4) is 0 Å². The maximum Gasteiger partial charge on any atom is 0.0891 e. The van der Waals surface area contributed by atoms with Crippen molar-refractivity contribution < 1.29 is 0 Å². The first-order chi connectivity index (χ1) is 6.93. The standard InChI is InChI=1S/C10H4S4/c1-5-7(3-11-1)13-10-9(5)6-2-12-4-8(6)14-10/h1-4H. The molecule has 0 N–H and O–H groups in total. The summed E-state index contributed by atoms with van der Waals surface area (Å²) in [5.41, 5.74) is 0. The summed E-state index contributed by atoms with van der Waals surface area (Å²) >= 11 is 7.48. The van der Waals surface area contributed by atoms with Crippen LogP contribution in [-0.4, -0.2) is 0 Å². The van der Waals surface area contributed by atoms with Gasteiger partial charge in [0.05, 0.1) is 4.01 Å². The fraction of sp³-hybridized carbons (Fsp3) is 0. The second kappa shape index (κ2) is 2.58. The zero-order chi connectivity index (χ0) is 9.12. The van der Waals surface area contributed by atoms with E-state index in [4.69, 9.17) is 0 Å². The topological polar surface area (TPSA) is 0 Å². The Morgan fingerprint density at radius 3 is 1.86 bits per heavy atom. The smallest absolute Gasteiger partial charge is 0.0891 e. The Kier molecular flexibility index (Phi) is 1.44. The summed E-state index contributed by atoms with van der Waals surface area (Å²) in [7, 11) is 0. The summed E-state index contributed by atoms with van der Waals surface area (Å²) < 4.78 is 4.38. The molecular formula is C10H4S4. The lowest BCUT2D eigenvalue weighted by Gasteiger charge is -1.78. The highest BCUT2D eigenvalue weighted by Gasteiger charge is 2.12. The molecule has 4 rings (SSSR count). The largest absolute Gasteiger partial charge is 0.150 e. The summed E-state index contributed by atoms with van der Waals surface area (Å²) in [5.74, 6) is 0. The lowest BCUT2D eigenvalue weighted by Crippen LogP contribution is -1.52. The lowest BCUT2D eigenvalue weighted by atomic mass is 10.2. The minimum atomic E-state index is 1.45. The van der Waals surface area contributed by atoms with Crippen LogP contribution in [0.2, 0.25) is 0 Å². The summed E-state index contributed by atoms with van der Waals surface area (Å²) in [6, 6.07) is 0. The predicted octanol–water partition coefficient (Wildman–Crippen LogP) is 5.39. The van der Waals surface area contributed by atoms with E-state index in [0.717, 1.165) is 0 Å². The van der Waals surface area contributed by atoms with E-state index in [1.165, 1.54) is 29.6 Å². The first kappa shape index (κ1) is 7.82. The predicted molar refractivity (Wildman–Crippen MR) is 70.5 cm³/mol. The molecule has 0 spiro atoms. The number of fused-ring (bicyclic) bond motifs is 5. The zero-order valence-electron chi connectivity index (χ0n) is 6.94. The number of hydrogen-bond acceptors (Lipinski definition) is 4. The highest BCUT2D eigenvalue weighted by atomic mass is 32.2. The van der Waals surface area contributed by atoms with Crippen molar-refractivity contribution in [2.24, 2.45) is 0 Å². The van der Waals surface area contributed by atoms with Gasteiger partial charge in [-0.2, -0.15) is 22.7 Å². The molecule has 4 aromatic heterocycles. The van der Waals surface area contributed by atoms with Crippen LogP contribution in [0.15, 0.2) is 21.5 Å². The highest BCUT2D eigenvalue weighted by Crippen LogP contribution is 2.46. The molecule has 68 valence electrons. The molecule has 0 aliphatic rings. The van der Waals surface area contributed by atoms with Crippen LogP contribution in [-0.2, 0) is 0 Å². The number of rotatable bonds is 0. The molecule has 0 aliphatic heterocycles. The second-order valence-corrected chi connectivity index (χ2v) is 7.02. The Hall–Kier alpha value is -0.420. The fourth-order valence-electron chi connectivity index (χ4n) is 1.78. The van der Waals surface area contributed by atoms with E-state index in [1.54, 1.807) is 0 Å². The second-order valence-electron chi connectivity index (χ2n) is 3.17. The third-order valence-corrected chi connectivity index (χ3v) is 6.58. The van der Waals surface area contributed by atoms with Crippen LogP contribution in [0.1, 0.15) is 0 Å². The van der Waals surface area contributed by atoms with Gasteiger partial charge >= 0.3 is 0 Å². The fourth-order valence-corrected chi connectivity index (χ4v) is 6.34. The van der Waals surface area contributed by atoms with Gasteiger partial charge in [-0.05, 0) is 0 Å². The van der Waals surface area contributed by atoms with Crippen molar-refractivity contribution in [1.29, 1.82) is 0 Å². The Morgan fingerprint density at radius 2 is 1.29 bits per heavy atom. The monoisotopic (exact) mass is 252 g/mol. The first-order valence-electron chi connectivity index (χ1n) is 4.16. The van der Waals surface area contributed by atoms with E-state index in [9.17, 15) is 0 Å². The third-order valence-electron chi connectivity index (χ3n) is 2.40. The van der Waals surface area contributed by atoms with Crippen molar-refractivity contribution in [3.63, 3.8) is 0 Å². The molecule has 0 nitrogen and oxygen atoms in total. The molecule has 0 fully saturated rings. The van der Waals surface area contributed by atoms with Crippen molar-refractivity contribution >= 4 is 74.9 Å². The molecule has 4 aromatic rings. The van der Waals surface area contributed by atoms with Crippen LogP contribution in [0.5, 0.6) is 0 Å². The number of thiophene rings is 4. The summed E-state index contributed by atoms with van der Waals surface area (Å²) in [4.78, 5) is 0. The molecular weight excluding hydrogens is 248 g/mol. The molecule has 0 radical (unpaired) electrons. The van der Waals surface area contributed by atoms with Gasteiger partial charge in [0.2, 0.25) is 0 Å². The van der Waals surface area contributed by atoms with Gasteiger partial charge in [-0.3, -0.25) is 0 Å². The van der Waals surface area contributed by atoms with Crippen LogP contribution in [0, 0.1) is 0 Å². The van der Waals surface area contributed by atoms with Crippen LogP contribution in [0.3, 0.4) is 0 Å². The van der Waals surface area contributed by atoms with Crippen LogP contribution >= 0.6 is 45.3 Å². The first-order valence-corrected chi connectivity index (χ1v) is 7.68. The molecule has 4 heterocycles. The molecule has 0 amide bonds. The molecule has 14 heavy (non-hydrogen) atoms. The van der Waals surface area contributed by atoms with Gasteiger partial charge in [-0.15, -0.1) is 22.7 Å². The SMILES string of the molecule is c1scc2c1sc1sc3cscc3c12. The molecule has 0 atom stereocenters. The maximum atomic E-state index is 2.28. The average Bonchev–Trinajstić information content (AvgIpc) is 2.77. The van der Waals surface area contributed by atoms with E-state index in [2.05, 4.69) is 21.5 Å². The molecule has 4 heteroatoms. The zero-order valence-corrected chi connectivity index (χ0v) is 10.2. The highest BCUT2D eigenvalue weighted by molar-refractivity contribution is 7.45. The molecule has 0 bridgehead atoms. The molecule has 0 saturated carbocycles. The number of hydrogen-bond donors (Lipinski definition) is 0. The minimum absolute atomic E-state index is 1.45. The van der Waals surface area contributed by atoms with Crippen molar-refractivity contribution in [3.05, 3.63) is 21.5 Å². The van der Waals surface area contributed by atoms with Gasteiger partial charge in [0, 0.05) is 47.1 Å². The maximum absolute atomic E-state index is 2.28. The molecule has 0 aromatic carbocycles. The van der Waals surface area contributed by atoms with E-state index in [1.807, 2.05) is 45.3 Å². The minimum Gasteiger partial charge on any atom is -0.150 e. The van der Waals surface area contributed by atoms with Gasteiger partial charge in [0.15, 0.2) is 0 Å². The Morgan fingerprint density at radius 1 is 0.714 bits per heavy atom. The Balaban J connectivity index is 2.47. The van der Waals surface area contributed by atoms with Gasteiger partial charge in [-0.1, -0.05) is 0 Å². The lowest BCUT2D eigenvalue weighted by molar-refractivity contribution is 2.35. The Labute approximate surface area is 96.0 Å². The van der Waals surface area contributed by atoms with Crippen molar-refractivity contribution in [1.82, 2.24) is 0 Å². The van der Waals surface area contributed by atoms with Gasteiger partial charge in [0.1, 0.15) is 0 Å². The van der Waals surface area contributed by atoms with Gasteiger partial charge in [-0.25, -0.2) is 0 Å². The summed E-state index contributed by atoms with van der Waals surface area (Å²) in [5, 5.41) is 13.5. The van der Waals surface area contributed by atoms with Crippen LogP contribution in [0.4, 0.5) is 0 Å².